The summed E-state index contributed by atoms with van der Waals surface area (Å²) >= 11 is 3.24. The van der Waals surface area contributed by atoms with Gasteiger partial charge >= 0.3 is 0 Å². The van der Waals surface area contributed by atoms with E-state index in [1.165, 1.54) is 12.8 Å². The van der Waals surface area contributed by atoms with Crippen LogP contribution in [0.5, 0.6) is 0 Å². The first-order chi connectivity index (χ1) is 9.20. The Labute approximate surface area is 122 Å². The molecule has 1 atom stereocenters. The Hall–Kier alpha value is -0.810. The van der Waals surface area contributed by atoms with Gasteiger partial charge in [-0.3, -0.25) is 4.79 Å². The number of hydrogen-bond acceptors (Lipinski definition) is 3. The third-order valence-corrected chi connectivity index (χ3v) is 3.87. The molecule has 1 unspecified atom stereocenters. The second-order valence-electron chi connectivity index (χ2n) is 5.07. The van der Waals surface area contributed by atoms with E-state index in [4.69, 9.17) is 4.42 Å². The van der Waals surface area contributed by atoms with Crippen LogP contribution in [0.3, 0.4) is 0 Å². The Balaban J connectivity index is 1.99. The Bertz CT molecular complexity index is 413. The van der Waals surface area contributed by atoms with Crippen molar-refractivity contribution in [3.05, 3.63) is 22.6 Å². The van der Waals surface area contributed by atoms with Gasteiger partial charge in [-0.25, -0.2) is 0 Å². The van der Waals surface area contributed by atoms with Crippen LogP contribution in [-0.2, 0) is 0 Å². The lowest BCUT2D eigenvalue weighted by molar-refractivity contribution is 0.0685. The number of halogens is 1. The summed E-state index contributed by atoms with van der Waals surface area (Å²) in [6, 6.07) is 3.49. The fourth-order valence-corrected chi connectivity index (χ4v) is 2.83. The number of carbonyl (C=O) groups is 1. The summed E-state index contributed by atoms with van der Waals surface area (Å²) < 4.78 is 5.97. The van der Waals surface area contributed by atoms with Crippen molar-refractivity contribution < 1.29 is 9.21 Å². The van der Waals surface area contributed by atoms with Crippen molar-refractivity contribution in [3.8, 4) is 0 Å². The molecular weight excluding hydrogens is 308 g/mol. The Morgan fingerprint density at radius 1 is 1.58 bits per heavy atom. The summed E-state index contributed by atoms with van der Waals surface area (Å²) in [7, 11) is 0. The standard InChI is InChI=1S/C14H21BrN2O2/c1-2-8-17(10-11-4-3-7-16-9-11)14(18)12-5-6-13(15)19-12/h5-6,11,16H,2-4,7-10H2,1H3. The van der Waals surface area contributed by atoms with E-state index in [9.17, 15) is 4.79 Å². The number of furan rings is 1. The van der Waals surface area contributed by atoms with Gasteiger partial charge in [0, 0.05) is 13.1 Å². The van der Waals surface area contributed by atoms with Crippen LogP contribution in [0.2, 0.25) is 0 Å². The molecule has 0 aliphatic carbocycles. The van der Waals surface area contributed by atoms with Crippen molar-refractivity contribution in [2.75, 3.05) is 26.2 Å². The average Bonchev–Trinajstić information content (AvgIpc) is 2.85. The van der Waals surface area contributed by atoms with Gasteiger partial charge in [0.05, 0.1) is 0 Å². The summed E-state index contributed by atoms with van der Waals surface area (Å²) in [5.74, 6) is 0.977. The van der Waals surface area contributed by atoms with Crippen LogP contribution in [0.25, 0.3) is 0 Å². The summed E-state index contributed by atoms with van der Waals surface area (Å²) in [6.45, 7) is 5.81. The third-order valence-electron chi connectivity index (χ3n) is 3.44. The first-order valence-electron chi connectivity index (χ1n) is 6.96. The number of piperidine rings is 1. The van der Waals surface area contributed by atoms with Crippen molar-refractivity contribution in [2.24, 2.45) is 5.92 Å². The van der Waals surface area contributed by atoms with E-state index < -0.39 is 0 Å². The molecular formula is C14H21BrN2O2. The fraction of sp³-hybridized carbons (Fsp3) is 0.643. The minimum atomic E-state index is -0.00174. The molecule has 0 saturated carbocycles. The van der Waals surface area contributed by atoms with Crippen molar-refractivity contribution in [1.82, 2.24) is 10.2 Å². The van der Waals surface area contributed by atoms with Gasteiger partial charge in [0.25, 0.3) is 5.91 Å². The molecule has 0 aromatic carbocycles. The molecule has 0 radical (unpaired) electrons. The van der Waals surface area contributed by atoms with Crippen molar-refractivity contribution >= 4 is 21.8 Å². The first-order valence-corrected chi connectivity index (χ1v) is 7.75. The van der Waals surface area contributed by atoms with Gasteiger partial charge < -0.3 is 14.6 Å². The molecule has 1 aromatic rings. The molecule has 1 aromatic heterocycles. The van der Waals surface area contributed by atoms with Crippen molar-refractivity contribution in [1.29, 1.82) is 0 Å². The minimum Gasteiger partial charge on any atom is -0.444 e. The summed E-state index contributed by atoms with van der Waals surface area (Å²) in [4.78, 5) is 14.3. The molecule has 2 heterocycles. The van der Waals surface area contributed by atoms with Gasteiger partial charge in [-0.15, -0.1) is 0 Å². The van der Waals surface area contributed by atoms with Gasteiger partial charge in [0.15, 0.2) is 10.4 Å². The SMILES string of the molecule is CCCN(CC1CCCNC1)C(=O)c1ccc(Br)o1. The highest BCUT2D eigenvalue weighted by molar-refractivity contribution is 9.10. The Morgan fingerprint density at radius 3 is 3.00 bits per heavy atom. The number of hydrogen-bond donors (Lipinski definition) is 1. The smallest absolute Gasteiger partial charge is 0.289 e. The van der Waals surface area contributed by atoms with Gasteiger partial charge in [0.1, 0.15) is 0 Å². The van der Waals surface area contributed by atoms with Crippen LogP contribution in [-0.4, -0.2) is 37.0 Å². The molecule has 5 heteroatoms. The summed E-state index contributed by atoms with van der Waals surface area (Å²) in [5.41, 5.74) is 0. The zero-order valence-corrected chi connectivity index (χ0v) is 12.9. The Morgan fingerprint density at radius 2 is 2.42 bits per heavy atom. The fourth-order valence-electron chi connectivity index (χ4n) is 2.52. The van der Waals surface area contributed by atoms with E-state index in [2.05, 4.69) is 28.2 Å². The number of carbonyl (C=O) groups excluding carboxylic acids is 1. The van der Waals surface area contributed by atoms with Gasteiger partial charge in [-0.1, -0.05) is 6.92 Å². The first kappa shape index (κ1) is 14.6. The number of nitrogens with one attached hydrogen (secondary N) is 1. The lowest BCUT2D eigenvalue weighted by atomic mass is 9.99. The maximum Gasteiger partial charge on any atom is 0.289 e. The average molecular weight is 329 g/mol. The quantitative estimate of drug-likeness (QED) is 0.903. The van der Waals surface area contributed by atoms with Crippen LogP contribution in [0.4, 0.5) is 0 Å². The molecule has 1 aliphatic heterocycles. The van der Waals surface area contributed by atoms with Gasteiger partial charge in [-0.2, -0.15) is 0 Å². The zero-order chi connectivity index (χ0) is 13.7. The van der Waals surface area contributed by atoms with E-state index in [1.54, 1.807) is 12.1 Å². The lowest BCUT2D eigenvalue weighted by Crippen LogP contribution is -2.41. The maximum atomic E-state index is 12.4. The molecule has 19 heavy (non-hydrogen) atoms. The van der Waals surface area contributed by atoms with E-state index in [-0.39, 0.29) is 5.91 Å². The molecule has 4 nitrogen and oxygen atoms in total. The maximum absolute atomic E-state index is 12.4. The molecule has 0 spiro atoms. The van der Waals surface area contributed by atoms with Crippen LogP contribution >= 0.6 is 15.9 Å². The molecule has 1 aliphatic rings. The second-order valence-corrected chi connectivity index (χ2v) is 5.85. The third kappa shape index (κ3) is 4.08. The highest BCUT2D eigenvalue weighted by atomic mass is 79.9. The summed E-state index contributed by atoms with van der Waals surface area (Å²) in [5, 5.41) is 3.40. The molecule has 1 saturated heterocycles. The number of nitrogens with zero attached hydrogens (tertiary/aromatic N) is 1. The normalized spacial score (nSPS) is 19.4. The van der Waals surface area contributed by atoms with Gasteiger partial charge in [-0.05, 0) is 66.3 Å². The second kappa shape index (κ2) is 7.10. The van der Waals surface area contributed by atoms with Crippen LogP contribution in [0, 0.1) is 5.92 Å². The van der Waals surface area contributed by atoms with Gasteiger partial charge in [0.2, 0.25) is 0 Å². The van der Waals surface area contributed by atoms with Crippen LogP contribution in [0.1, 0.15) is 36.7 Å². The summed E-state index contributed by atoms with van der Waals surface area (Å²) in [6.07, 6.45) is 3.36. The minimum absolute atomic E-state index is 0.00174. The molecule has 1 amide bonds. The number of amides is 1. The topological polar surface area (TPSA) is 45.5 Å². The molecule has 2 rings (SSSR count). The van der Waals surface area contributed by atoms with E-state index in [0.29, 0.717) is 16.3 Å². The van der Waals surface area contributed by atoms with Crippen molar-refractivity contribution in [2.45, 2.75) is 26.2 Å². The molecule has 106 valence electrons. The lowest BCUT2D eigenvalue weighted by Gasteiger charge is -2.29. The monoisotopic (exact) mass is 328 g/mol. The Kier molecular flexibility index (Phi) is 5.45. The predicted molar refractivity (Wildman–Crippen MR) is 78.2 cm³/mol. The van der Waals surface area contributed by atoms with E-state index >= 15 is 0 Å². The number of rotatable bonds is 5. The van der Waals surface area contributed by atoms with E-state index in [1.807, 2.05) is 4.90 Å². The van der Waals surface area contributed by atoms with Crippen molar-refractivity contribution in [3.63, 3.8) is 0 Å². The zero-order valence-electron chi connectivity index (χ0n) is 11.3. The van der Waals surface area contributed by atoms with Crippen LogP contribution < -0.4 is 5.32 Å². The highest BCUT2D eigenvalue weighted by Crippen LogP contribution is 2.18. The van der Waals surface area contributed by atoms with Crippen LogP contribution in [0.15, 0.2) is 21.2 Å². The molecule has 1 fully saturated rings. The van der Waals surface area contributed by atoms with E-state index in [0.717, 1.165) is 32.6 Å². The largest absolute Gasteiger partial charge is 0.444 e. The predicted octanol–water partition coefficient (Wildman–Crippen LogP) is 2.89. The molecule has 0 bridgehead atoms. The highest BCUT2D eigenvalue weighted by Gasteiger charge is 2.23. The molecule has 1 N–H and O–H groups in total.